The van der Waals surface area contributed by atoms with Crippen molar-refractivity contribution in [3.63, 3.8) is 0 Å². The molecule has 0 aliphatic carbocycles. The van der Waals surface area contributed by atoms with Gasteiger partial charge in [-0.15, -0.1) is 0 Å². The largest absolute Gasteiger partial charge is 0.462 e. The Morgan fingerprint density at radius 3 is 2.90 bits per heavy atom. The molecular formula is C14H25N3O2S. The minimum Gasteiger partial charge on any atom is -0.462 e. The molecule has 0 aromatic rings. The molecule has 20 heavy (non-hydrogen) atoms. The number of nitrogens with one attached hydrogen (secondary N) is 1. The maximum atomic E-state index is 11.8. The molecule has 0 unspecified atom stereocenters. The SMILES string of the molecule is CCCCC[C@H]1C[C@H](CC/C(C)=N/NC(N)=S)C(=O)O1. The topological polar surface area (TPSA) is 76.7 Å². The van der Waals surface area contributed by atoms with Gasteiger partial charge in [0, 0.05) is 5.71 Å². The lowest BCUT2D eigenvalue weighted by Crippen LogP contribution is -2.25. The van der Waals surface area contributed by atoms with Gasteiger partial charge < -0.3 is 10.5 Å². The standard InChI is InChI=1S/C14H25N3O2S/c1-3-4-5-6-12-9-11(13(18)19-12)8-7-10(2)16-17-14(15)20/h11-12H,3-9H2,1-2H3,(H3,15,17,20)/b16-10+/t11-,12-/m0/s1. The second-order valence-electron chi connectivity index (χ2n) is 5.35. The average molecular weight is 299 g/mol. The lowest BCUT2D eigenvalue weighted by molar-refractivity contribution is -0.144. The number of cyclic esters (lactones) is 1. The minimum absolute atomic E-state index is 0.0107. The Hall–Kier alpha value is -1.17. The fourth-order valence-electron chi connectivity index (χ4n) is 2.35. The van der Waals surface area contributed by atoms with Crippen LogP contribution in [0.25, 0.3) is 0 Å². The van der Waals surface area contributed by atoms with E-state index in [4.69, 9.17) is 10.5 Å². The molecule has 0 bridgehead atoms. The number of hydrazone groups is 1. The van der Waals surface area contributed by atoms with Gasteiger partial charge in [0.05, 0.1) is 5.92 Å². The van der Waals surface area contributed by atoms with Crippen LogP contribution < -0.4 is 11.2 Å². The van der Waals surface area contributed by atoms with Crippen LogP contribution in [-0.4, -0.2) is 22.9 Å². The molecule has 114 valence electrons. The van der Waals surface area contributed by atoms with Gasteiger partial charge in [-0.1, -0.05) is 19.8 Å². The number of nitrogens with zero attached hydrogens (tertiary/aromatic N) is 1. The molecule has 0 aromatic carbocycles. The van der Waals surface area contributed by atoms with Gasteiger partial charge in [-0.3, -0.25) is 10.2 Å². The van der Waals surface area contributed by atoms with E-state index in [9.17, 15) is 4.79 Å². The highest BCUT2D eigenvalue weighted by molar-refractivity contribution is 7.80. The van der Waals surface area contributed by atoms with Crippen LogP contribution in [0.4, 0.5) is 0 Å². The molecule has 1 saturated heterocycles. The second-order valence-corrected chi connectivity index (χ2v) is 5.79. The van der Waals surface area contributed by atoms with E-state index in [1.54, 1.807) is 0 Å². The van der Waals surface area contributed by atoms with Crippen molar-refractivity contribution in [3.05, 3.63) is 0 Å². The number of carbonyl (C=O) groups excluding carboxylic acids is 1. The molecule has 2 atom stereocenters. The molecule has 6 heteroatoms. The Labute approximate surface area is 126 Å². The molecule has 1 fully saturated rings. The van der Waals surface area contributed by atoms with Crippen LogP contribution >= 0.6 is 12.2 Å². The monoisotopic (exact) mass is 299 g/mol. The Bertz CT molecular complexity index is 371. The van der Waals surface area contributed by atoms with Crippen LogP contribution in [0.3, 0.4) is 0 Å². The summed E-state index contributed by atoms with van der Waals surface area (Å²) in [5.41, 5.74) is 8.74. The number of thiocarbonyl (C=S) groups is 1. The van der Waals surface area contributed by atoms with Crippen LogP contribution in [0, 0.1) is 5.92 Å². The van der Waals surface area contributed by atoms with Gasteiger partial charge in [0.15, 0.2) is 5.11 Å². The number of nitrogens with two attached hydrogens (primary N) is 1. The van der Waals surface area contributed by atoms with E-state index in [1.165, 1.54) is 12.8 Å². The number of rotatable bonds is 8. The number of hydrogen-bond donors (Lipinski definition) is 2. The molecule has 1 rings (SSSR count). The average Bonchev–Trinajstić information content (AvgIpc) is 2.75. The zero-order chi connectivity index (χ0) is 15.0. The van der Waals surface area contributed by atoms with Crippen molar-refractivity contribution in [1.82, 2.24) is 5.43 Å². The maximum Gasteiger partial charge on any atom is 0.309 e. The van der Waals surface area contributed by atoms with Crippen molar-refractivity contribution in [2.75, 3.05) is 0 Å². The number of ether oxygens (including phenoxy) is 1. The molecular weight excluding hydrogens is 274 g/mol. The Morgan fingerprint density at radius 2 is 2.25 bits per heavy atom. The summed E-state index contributed by atoms with van der Waals surface area (Å²) < 4.78 is 5.42. The fraction of sp³-hybridized carbons (Fsp3) is 0.786. The van der Waals surface area contributed by atoms with E-state index in [1.807, 2.05) is 6.92 Å². The van der Waals surface area contributed by atoms with Crippen molar-refractivity contribution in [1.29, 1.82) is 0 Å². The Balaban J connectivity index is 2.28. The Morgan fingerprint density at radius 1 is 1.50 bits per heavy atom. The van der Waals surface area contributed by atoms with Crippen LogP contribution in [0.15, 0.2) is 5.10 Å². The summed E-state index contributed by atoms with van der Waals surface area (Å²) in [6, 6.07) is 0. The fourth-order valence-corrected chi connectivity index (χ4v) is 2.39. The van der Waals surface area contributed by atoms with Crippen LogP contribution in [-0.2, 0) is 9.53 Å². The van der Waals surface area contributed by atoms with Crippen LogP contribution in [0.1, 0.15) is 58.8 Å². The summed E-state index contributed by atoms with van der Waals surface area (Å²) in [4.78, 5) is 11.8. The van der Waals surface area contributed by atoms with Crippen LogP contribution in [0.5, 0.6) is 0 Å². The van der Waals surface area contributed by atoms with Gasteiger partial charge in [0.2, 0.25) is 0 Å². The summed E-state index contributed by atoms with van der Waals surface area (Å²) in [5, 5.41) is 4.19. The van der Waals surface area contributed by atoms with E-state index >= 15 is 0 Å². The summed E-state index contributed by atoms with van der Waals surface area (Å²) in [6.45, 7) is 4.07. The number of esters is 1. The van der Waals surface area contributed by atoms with E-state index < -0.39 is 0 Å². The molecule has 0 radical (unpaired) electrons. The third-order valence-electron chi connectivity index (χ3n) is 3.50. The van der Waals surface area contributed by atoms with Crippen molar-refractivity contribution in [2.24, 2.45) is 16.8 Å². The predicted octanol–water partition coefficient (Wildman–Crippen LogP) is 2.49. The quantitative estimate of drug-likeness (QED) is 0.237. The molecule has 0 saturated carbocycles. The number of unbranched alkanes of at least 4 members (excludes halogenated alkanes) is 2. The molecule has 1 heterocycles. The van der Waals surface area contributed by atoms with E-state index in [0.29, 0.717) is 0 Å². The number of hydrogen-bond acceptors (Lipinski definition) is 4. The van der Waals surface area contributed by atoms with Crippen molar-refractivity contribution in [2.45, 2.75) is 64.9 Å². The summed E-state index contributed by atoms with van der Waals surface area (Å²) in [5.74, 6) is -0.0433. The highest BCUT2D eigenvalue weighted by Gasteiger charge is 2.33. The van der Waals surface area contributed by atoms with E-state index in [0.717, 1.165) is 37.8 Å². The first-order valence-electron chi connectivity index (χ1n) is 7.32. The lowest BCUT2D eigenvalue weighted by Gasteiger charge is -2.07. The number of carbonyl (C=O) groups is 1. The van der Waals surface area contributed by atoms with Gasteiger partial charge in [-0.25, -0.2) is 0 Å². The summed E-state index contributed by atoms with van der Waals surface area (Å²) in [7, 11) is 0. The van der Waals surface area contributed by atoms with Crippen molar-refractivity contribution >= 4 is 29.0 Å². The highest BCUT2D eigenvalue weighted by Crippen LogP contribution is 2.28. The molecule has 0 aromatic heterocycles. The first-order valence-corrected chi connectivity index (χ1v) is 7.72. The third-order valence-corrected chi connectivity index (χ3v) is 3.60. The van der Waals surface area contributed by atoms with Gasteiger partial charge >= 0.3 is 5.97 Å². The molecule has 5 nitrogen and oxygen atoms in total. The first-order chi connectivity index (χ1) is 9.52. The zero-order valence-corrected chi connectivity index (χ0v) is 13.2. The lowest BCUT2D eigenvalue weighted by atomic mass is 9.96. The predicted molar refractivity (Wildman–Crippen MR) is 84.4 cm³/mol. The van der Waals surface area contributed by atoms with E-state index in [-0.39, 0.29) is 23.1 Å². The van der Waals surface area contributed by atoms with Gasteiger partial charge in [0.25, 0.3) is 0 Å². The van der Waals surface area contributed by atoms with E-state index in [2.05, 4.69) is 29.7 Å². The van der Waals surface area contributed by atoms with Crippen molar-refractivity contribution < 1.29 is 9.53 Å². The molecule has 0 amide bonds. The van der Waals surface area contributed by atoms with Crippen LogP contribution in [0.2, 0.25) is 0 Å². The van der Waals surface area contributed by atoms with Gasteiger partial charge in [0.1, 0.15) is 6.10 Å². The van der Waals surface area contributed by atoms with Gasteiger partial charge in [-0.2, -0.15) is 5.10 Å². The highest BCUT2D eigenvalue weighted by atomic mass is 32.1. The molecule has 1 aliphatic heterocycles. The van der Waals surface area contributed by atoms with Crippen molar-refractivity contribution in [3.8, 4) is 0 Å². The second kappa shape index (κ2) is 8.89. The molecule has 0 spiro atoms. The zero-order valence-electron chi connectivity index (χ0n) is 12.4. The molecule has 3 N–H and O–H groups in total. The first kappa shape index (κ1) is 16.9. The summed E-state index contributed by atoms with van der Waals surface area (Å²) >= 11 is 4.68. The smallest absolute Gasteiger partial charge is 0.309 e. The van der Waals surface area contributed by atoms with Gasteiger partial charge in [-0.05, 0) is 51.2 Å². The Kier molecular flexibility index (Phi) is 7.51. The molecule has 1 aliphatic rings. The summed E-state index contributed by atoms with van der Waals surface area (Å²) in [6.07, 6.45) is 7.01. The third kappa shape index (κ3) is 6.32. The minimum atomic E-state index is -0.0541. The normalized spacial score (nSPS) is 22.7. The maximum absolute atomic E-state index is 11.8.